The average molecular weight is 178 g/mol. The van der Waals surface area contributed by atoms with E-state index >= 15 is 0 Å². The Hall–Kier alpha value is -0.0726. The fourth-order valence-electron chi connectivity index (χ4n) is 0.966. The molecule has 0 aromatic heterocycles. The van der Waals surface area contributed by atoms with Crippen molar-refractivity contribution in [3.63, 3.8) is 0 Å². The predicted molar refractivity (Wildman–Crippen MR) is 46.0 cm³/mol. The number of rotatable bonds is 2. The molecule has 0 heterocycles. The van der Waals surface area contributed by atoms with E-state index < -0.39 is 11.1 Å². The van der Waals surface area contributed by atoms with E-state index in [0.29, 0.717) is 4.90 Å². The molecule has 0 aliphatic heterocycles. The first-order valence-electron chi connectivity index (χ1n) is 3.44. The molecule has 2 nitrogen and oxygen atoms in total. The molecule has 1 rings (SSSR count). The van der Waals surface area contributed by atoms with Gasteiger partial charge in [-0.25, -0.2) is 4.21 Å². The van der Waals surface area contributed by atoms with E-state index in [2.05, 4.69) is 0 Å². The van der Waals surface area contributed by atoms with Crippen molar-refractivity contribution in [2.24, 2.45) is 0 Å². The van der Waals surface area contributed by atoms with Gasteiger partial charge in [-0.1, -0.05) is 25.1 Å². The van der Waals surface area contributed by atoms with Crippen LogP contribution in [0, 0.1) is 0 Å². The van der Waals surface area contributed by atoms with Crippen LogP contribution in [0.15, 0.2) is 29.2 Å². The largest absolute Gasteiger partial charge is 1.00 e. The summed E-state index contributed by atoms with van der Waals surface area (Å²) in [5, 5.41) is 0. The van der Waals surface area contributed by atoms with Gasteiger partial charge in [0.05, 0.1) is 4.90 Å². The van der Waals surface area contributed by atoms with Gasteiger partial charge in [0.15, 0.2) is 11.1 Å². The van der Waals surface area contributed by atoms with Crippen LogP contribution in [0.2, 0.25) is 0 Å². The topological polar surface area (TPSA) is 37.3 Å². The van der Waals surface area contributed by atoms with Gasteiger partial charge < -0.3 is 5.98 Å². The average Bonchev–Trinajstić information content (AvgIpc) is 2.04. The van der Waals surface area contributed by atoms with Crippen molar-refractivity contribution in [3.05, 3.63) is 29.8 Å². The molecule has 12 heavy (non-hydrogen) atoms. The van der Waals surface area contributed by atoms with Crippen molar-refractivity contribution >= 4 is 11.1 Å². The van der Waals surface area contributed by atoms with E-state index in [9.17, 15) is 4.21 Å². The van der Waals surface area contributed by atoms with E-state index in [1.807, 2.05) is 19.1 Å². The van der Waals surface area contributed by atoms with Gasteiger partial charge in [0.25, 0.3) is 0 Å². The molecule has 0 aliphatic carbocycles. The Morgan fingerprint density at radius 1 is 1.50 bits per heavy atom. The summed E-state index contributed by atoms with van der Waals surface area (Å²) in [5.74, 6) is 0. The number of hydrogen-bond donors (Lipinski definition) is 1. The zero-order valence-electron chi connectivity index (χ0n) is 8.28. The first-order chi connectivity index (χ1) is 5.25. The molecule has 0 fully saturated rings. The standard InChI is InChI=1S/C8H10O2S.Li.H/c1-2-7-5-3-4-6-8(7)11(9)10;;/h3-6H,2H2,1H3,(H,9,10);;/q;+1;-1. The van der Waals surface area contributed by atoms with E-state index in [-0.39, 0.29) is 20.3 Å². The summed E-state index contributed by atoms with van der Waals surface area (Å²) in [6.07, 6.45) is 0.794. The summed E-state index contributed by atoms with van der Waals surface area (Å²) >= 11 is -1.84. The predicted octanol–water partition coefficient (Wildman–Crippen LogP) is -1.05. The van der Waals surface area contributed by atoms with Crippen molar-refractivity contribution in [1.82, 2.24) is 0 Å². The van der Waals surface area contributed by atoms with Crippen LogP contribution in [0.25, 0.3) is 0 Å². The maximum Gasteiger partial charge on any atom is 1.00 e. The second-order valence-corrected chi connectivity index (χ2v) is 3.15. The maximum atomic E-state index is 10.7. The normalized spacial score (nSPS) is 11.8. The summed E-state index contributed by atoms with van der Waals surface area (Å²) in [7, 11) is 0. The van der Waals surface area contributed by atoms with Crippen molar-refractivity contribution in [2.45, 2.75) is 18.2 Å². The molecule has 0 amide bonds. The third-order valence-corrected chi connectivity index (χ3v) is 2.32. The molecule has 0 bridgehead atoms. The second-order valence-electron chi connectivity index (χ2n) is 2.21. The first kappa shape index (κ1) is 11.9. The zero-order chi connectivity index (χ0) is 8.27. The van der Waals surface area contributed by atoms with Gasteiger partial charge in [-0.05, 0) is 18.1 Å². The Balaban J connectivity index is 0. The van der Waals surface area contributed by atoms with Crippen molar-refractivity contribution in [1.29, 1.82) is 0 Å². The molecule has 1 atom stereocenters. The van der Waals surface area contributed by atoms with Gasteiger partial charge in [0, 0.05) is 0 Å². The molecule has 0 saturated carbocycles. The van der Waals surface area contributed by atoms with Crippen molar-refractivity contribution in [2.75, 3.05) is 0 Å². The quantitative estimate of drug-likeness (QED) is 0.463. The maximum absolute atomic E-state index is 10.7. The molecule has 62 valence electrons. The minimum Gasteiger partial charge on any atom is -1.00 e. The van der Waals surface area contributed by atoms with Crippen LogP contribution >= 0.6 is 0 Å². The van der Waals surface area contributed by atoms with E-state index in [1.54, 1.807) is 12.1 Å². The molecule has 0 spiro atoms. The Bertz CT molecular complexity index is 281. The fourth-order valence-corrected chi connectivity index (χ4v) is 1.60. The minimum atomic E-state index is -1.84. The monoisotopic (exact) mass is 178 g/mol. The molecule has 4 heteroatoms. The Morgan fingerprint density at radius 3 is 2.50 bits per heavy atom. The van der Waals surface area contributed by atoms with Gasteiger partial charge in [0.1, 0.15) is 0 Å². The number of hydrogen-bond acceptors (Lipinski definition) is 1. The summed E-state index contributed by atoms with van der Waals surface area (Å²) in [5.41, 5.74) is 0.938. The van der Waals surface area contributed by atoms with Crippen LogP contribution in [0.4, 0.5) is 0 Å². The second kappa shape index (κ2) is 5.55. The van der Waals surface area contributed by atoms with Crippen molar-refractivity contribution in [3.8, 4) is 0 Å². The Morgan fingerprint density at radius 2 is 2.08 bits per heavy atom. The van der Waals surface area contributed by atoms with Gasteiger partial charge in [-0.3, -0.25) is 0 Å². The van der Waals surface area contributed by atoms with Crippen LogP contribution in [0.3, 0.4) is 0 Å². The smallest absolute Gasteiger partial charge is 1.00 e. The van der Waals surface area contributed by atoms with Crippen LogP contribution in [-0.4, -0.2) is 8.76 Å². The number of benzene rings is 1. The van der Waals surface area contributed by atoms with Gasteiger partial charge in [-0.15, -0.1) is 0 Å². The van der Waals surface area contributed by atoms with E-state index in [0.717, 1.165) is 12.0 Å². The minimum absolute atomic E-state index is 0. The van der Waals surface area contributed by atoms with Crippen LogP contribution < -0.4 is 18.9 Å². The van der Waals surface area contributed by atoms with E-state index in [1.165, 1.54) is 0 Å². The molecule has 1 aromatic rings. The van der Waals surface area contributed by atoms with Gasteiger partial charge in [0.2, 0.25) is 0 Å². The van der Waals surface area contributed by atoms with Crippen LogP contribution in [-0.2, 0) is 17.5 Å². The molecular formula is C8H11LiO2S. The Kier molecular flexibility index (Phi) is 5.52. The molecule has 1 aromatic carbocycles. The third kappa shape index (κ3) is 2.76. The molecule has 0 saturated heterocycles. The van der Waals surface area contributed by atoms with Gasteiger partial charge in [-0.2, -0.15) is 0 Å². The summed E-state index contributed by atoms with van der Waals surface area (Å²) in [4.78, 5) is 0.523. The summed E-state index contributed by atoms with van der Waals surface area (Å²) < 4.78 is 19.5. The molecule has 0 radical (unpaired) electrons. The molecule has 0 aliphatic rings. The molecule has 1 unspecified atom stereocenters. The fraction of sp³-hybridized carbons (Fsp3) is 0.250. The Labute approximate surface area is 88.3 Å². The molecule has 1 N–H and O–H groups in total. The van der Waals surface area contributed by atoms with Crippen molar-refractivity contribution < 1.29 is 29.0 Å². The SMILES string of the molecule is CCc1ccccc1S(=O)O.[H-].[Li+]. The van der Waals surface area contributed by atoms with Crippen LogP contribution in [0.1, 0.15) is 13.9 Å². The zero-order valence-corrected chi connectivity index (χ0v) is 8.10. The van der Waals surface area contributed by atoms with Gasteiger partial charge >= 0.3 is 18.9 Å². The first-order valence-corrected chi connectivity index (χ1v) is 4.55. The summed E-state index contributed by atoms with van der Waals surface area (Å²) in [6, 6.07) is 7.18. The third-order valence-electron chi connectivity index (χ3n) is 1.54. The van der Waals surface area contributed by atoms with E-state index in [4.69, 9.17) is 4.55 Å². The number of aryl methyl sites for hydroxylation is 1. The molecular weight excluding hydrogens is 167 g/mol. The summed E-state index contributed by atoms with van der Waals surface area (Å²) in [6.45, 7) is 1.96. The van der Waals surface area contributed by atoms with Crippen LogP contribution in [0.5, 0.6) is 0 Å².